The predicted octanol–water partition coefficient (Wildman–Crippen LogP) is 2.27. The van der Waals surface area contributed by atoms with Crippen molar-refractivity contribution < 1.29 is 13.2 Å². The minimum atomic E-state index is -4.14. The topological polar surface area (TPSA) is 63.8 Å². The Balaban J connectivity index is 1.97. The number of rotatable bonds is 3. The average molecular weight is 274 g/mol. The zero-order valence-electron chi connectivity index (χ0n) is 10.5. The second-order valence-electron chi connectivity index (χ2n) is 4.82. The van der Waals surface area contributed by atoms with Crippen LogP contribution in [0.15, 0.2) is 12.3 Å². The van der Waals surface area contributed by atoms with Gasteiger partial charge in [0.25, 0.3) is 0 Å². The summed E-state index contributed by atoms with van der Waals surface area (Å²) in [6.45, 7) is 0.211. The van der Waals surface area contributed by atoms with Gasteiger partial charge in [0.05, 0.1) is 12.5 Å². The van der Waals surface area contributed by atoms with E-state index in [1.165, 1.54) is 6.20 Å². The summed E-state index contributed by atoms with van der Waals surface area (Å²) >= 11 is 0. The van der Waals surface area contributed by atoms with Crippen LogP contribution in [0.3, 0.4) is 0 Å². The maximum absolute atomic E-state index is 12.9. The molecule has 0 aliphatic heterocycles. The van der Waals surface area contributed by atoms with Crippen molar-refractivity contribution in [3.8, 4) is 0 Å². The lowest BCUT2D eigenvalue weighted by atomic mass is 9.84. The second kappa shape index (κ2) is 5.73. The van der Waals surface area contributed by atoms with Crippen molar-refractivity contribution in [2.45, 2.75) is 44.4 Å². The Morgan fingerprint density at radius 3 is 2.74 bits per heavy atom. The zero-order valence-corrected chi connectivity index (χ0v) is 10.5. The molecule has 0 saturated heterocycles. The van der Waals surface area contributed by atoms with Gasteiger partial charge in [-0.05, 0) is 18.9 Å². The fraction of sp³-hybridized carbons (Fsp3) is 0.667. The number of aromatic nitrogens is 2. The van der Waals surface area contributed by atoms with E-state index in [9.17, 15) is 13.2 Å². The summed E-state index contributed by atoms with van der Waals surface area (Å²) in [6, 6.07) is 0.988. The lowest BCUT2D eigenvalue weighted by molar-refractivity contribution is -0.189. The summed E-state index contributed by atoms with van der Waals surface area (Å²) in [4.78, 5) is 7.94. The third kappa shape index (κ3) is 3.79. The molecule has 1 aliphatic carbocycles. The Morgan fingerprint density at radius 1 is 1.32 bits per heavy atom. The van der Waals surface area contributed by atoms with Crippen molar-refractivity contribution in [2.24, 2.45) is 5.92 Å². The Morgan fingerprint density at radius 2 is 2.05 bits per heavy atom. The van der Waals surface area contributed by atoms with Crippen LogP contribution in [0.1, 0.15) is 31.5 Å². The van der Waals surface area contributed by atoms with Crippen molar-refractivity contribution in [1.29, 1.82) is 0 Å². The van der Waals surface area contributed by atoms with E-state index in [-0.39, 0.29) is 13.0 Å². The number of nitrogen functional groups attached to an aromatic ring is 1. The van der Waals surface area contributed by atoms with E-state index in [0.29, 0.717) is 24.5 Å². The van der Waals surface area contributed by atoms with Crippen LogP contribution >= 0.6 is 0 Å². The number of anilines is 1. The first kappa shape index (κ1) is 14.0. The van der Waals surface area contributed by atoms with Gasteiger partial charge >= 0.3 is 6.18 Å². The number of nitrogens with one attached hydrogen (secondary N) is 1. The Bertz CT molecular complexity index is 422. The van der Waals surface area contributed by atoms with Crippen LogP contribution in [0.25, 0.3) is 0 Å². The van der Waals surface area contributed by atoms with E-state index in [0.717, 1.165) is 6.42 Å². The van der Waals surface area contributed by atoms with Crippen LogP contribution in [0.5, 0.6) is 0 Å². The maximum atomic E-state index is 12.9. The van der Waals surface area contributed by atoms with Crippen LogP contribution in [0.4, 0.5) is 19.0 Å². The molecule has 7 heteroatoms. The van der Waals surface area contributed by atoms with Crippen LogP contribution < -0.4 is 11.1 Å². The van der Waals surface area contributed by atoms with Crippen LogP contribution in [0.2, 0.25) is 0 Å². The fourth-order valence-electron chi connectivity index (χ4n) is 2.49. The molecule has 1 aromatic rings. The van der Waals surface area contributed by atoms with Gasteiger partial charge < -0.3 is 11.1 Å². The molecule has 0 bridgehead atoms. The Labute approximate surface area is 109 Å². The lowest BCUT2D eigenvalue weighted by Gasteiger charge is -2.33. The van der Waals surface area contributed by atoms with Crippen LogP contribution in [0, 0.1) is 5.92 Å². The Kier molecular flexibility index (Phi) is 4.24. The third-order valence-corrected chi connectivity index (χ3v) is 3.44. The van der Waals surface area contributed by atoms with E-state index in [4.69, 9.17) is 5.73 Å². The molecule has 0 unspecified atom stereocenters. The highest BCUT2D eigenvalue weighted by Crippen LogP contribution is 2.37. The number of hydrogen-bond acceptors (Lipinski definition) is 4. The van der Waals surface area contributed by atoms with Gasteiger partial charge in [-0.1, -0.05) is 12.8 Å². The lowest BCUT2D eigenvalue weighted by Crippen LogP contribution is -2.45. The molecule has 1 aromatic heterocycles. The van der Waals surface area contributed by atoms with Crippen molar-refractivity contribution >= 4 is 5.82 Å². The summed E-state index contributed by atoms with van der Waals surface area (Å²) in [5.41, 5.74) is 5.50. The number of nitrogens with two attached hydrogens (primary N) is 1. The van der Waals surface area contributed by atoms with Gasteiger partial charge in [-0.25, -0.2) is 9.97 Å². The number of alkyl halides is 3. The number of hydrogen-bond donors (Lipinski definition) is 2. The Hall–Kier alpha value is -1.37. The molecule has 0 amide bonds. The monoisotopic (exact) mass is 274 g/mol. The molecule has 1 heterocycles. The highest BCUT2D eigenvalue weighted by Gasteiger charge is 2.45. The fourth-order valence-corrected chi connectivity index (χ4v) is 2.49. The van der Waals surface area contributed by atoms with Gasteiger partial charge in [-0.3, -0.25) is 0 Å². The highest BCUT2D eigenvalue weighted by molar-refractivity contribution is 5.24. The van der Waals surface area contributed by atoms with Gasteiger partial charge in [0.2, 0.25) is 0 Å². The summed E-state index contributed by atoms with van der Waals surface area (Å²) in [7, 11) is 0. The quantitative estimate of drug-likeness (QED) is 0.887. The van der Waals surface area contributed by atoms with Gasteiger partial charge in [-0.15, -0.1) is 0 Å². The van der Waals surface area contributed by atoms with Gasteiger partial charge in [0.15, 0.2) is 0 Å². The molecule has 1 saturated carbocycles. The highest BCUT2D eigenvalue weighted by atomic mass is 19.4. The largest absolute Gasteiger partial charge is 0.393 e. The van der Waals surface area contributed by atoms with E-state index < -0.39 is 18.1 Å². The molecule has 1 fully saturated rings. The molecule has 4 nitrogen and oxygen atoms in total. The molecule has 2 atom stereocenters. The molecule has 0 aromatic carbocycles. The molecule has 1 aliphatic rings. The van der Waals surface area contributed by atoms with Crippen molar-refractivity contribution in [2.75, 3.05) is 5.73 Å². The molecule has 3 N–H and O–H groups in total. The van der Waals surface area contributed by atoms with E-state index in [2.05, 4.69) is 15.3 Å². The molecule has 0 radical (unpaired) electrons. The molecule has 2 rings (SSSR count). The summed E-state index contributed by atoms with van der Waals surface area (Å²) in [6.07, 6.45) is -0.458. The first-order chi connectivity index (χ1) is 8.97. The number of halogens is 3. The summed E-state index contributed by atoms with van der Waals surface area (Å²) in [5.74, 6) is -0.531. The SMILES string of the molecule is Nc1ccnc(CN[C@@H]2CCCC[C@@H]2C(F)(F)F)n1. The smallest absolute Gasteiger partial charge is 0.384 e. The first-order valence-corrected chi connectivity index (χ1v) is 6.34. The predicted molar refractivity (Wildman–Crippen MR) is 65.1 cm³/mol. The van der Waals surface area contributed by atoms with Crippen molar-refractivity contribution in [1.82, 2.24) is 15.3 Å². The molecular formula is C12H17F3N4. The normalized spacial score (nSPS) is 24.4. The van der Waals surface area contributed by atoms with Crippen LogP contribution in [-0.4, -0.2) is 22.2 Å². The van der Waals surface area contributed by atoms with E-state index >= 15 is 0 Å². The van der Waals surface area contributed by atoms with E-state index in [1.807, 2.05) is 0 Å². The molecule has 19 heavy (non-hydrogen) atoms. The minimum absolute atomic E-state index is 0.193. The zero-order chi connectivity index (χ0) is 13.9. The average Bonchev–Trinajstić information content (AvgIpc) is 2.36. The maximum Gasteiger partial charge on any atom is 0.393 e. The minimum Gasteiger partial charge on any atom is -0.384 e. The summed E-state index contributed by atoms with van der Waals surface area (Å²) in [5, 5.41) is 2.92. The molecular weight excluding hydrogens is 257 g/mol. The van der Waals surface area contributed by atoms with Gasteiger partial charge in [0, 0.05) is 12.2 Å². The number of nitrogens with zero attached hydrogens (tertiary/aromatic N) is 2. The third-order valence-electron chi connectivity index (χ3n) is 3.44. The molecule has 106 valence electrons. The van der Waals surface area contributed by atoms with Crippen molar-refractivity contribution in [3.63, 3.8) is 0 Å². The summed E-state index contributed by atoms with van der Waals surface area (Å²) < 4.78 is 38.7. The second-order valence-corrected chi connectivity index (χ2v) is 4.82. The first-order valence-electron chi connectivity index (χ1n) is 6.34. The molecule has 0 spiro atoms. The van der Waals surface area contributed by atoms with Crippen LogP contribution in [-0.2, 0) is 6.54 Å². The van der Waals surface area contributed by atoms with Gasteiger partial charge in [0.1, 0.15) is 11.6 Å². The van der Waals surface area contributed by atoms with E-state index in [1.54, 1.807) is 6.07 Å². The standard InChI is InChI=1S/C12H17F3N4/c13-12(14,15)8-3-1-2-4-9(8)18-7-11-17-6-5-10(16)19-11/h5-6,8-9,18H,1-4,7H2,(H2,16,17,19)/t8-,9+/m0/s1. The van der Waals surface area contributed by atoms with Gasteiger partial charge in [-0.2, -0.15) is 13.2 Å². The van der Waals surface area contributed by atoms with Crippen molar-refractivity contribution in [3.05, 3.63) is 18.1 Å².